The van der Waals surface area contributed by atoms with Crippen LogP contribution in [0.25, 0.3) is 0 Å². The van der Waals surface area contributed by atoms with Crippen molar-refractivity contribution in [2.75, 3.05) is 0 Å². The van der Waals surface area contributed by atoms with E-state index in [4.69, 9.17) is 0 Å². The molecule has 1 amide bonds. The van der Waals surface area contributed by atoms with Gasteiger partial charge in [-0.15, -0.1) is 0 Å². The van der Waals surface area contributed by atoms with Gasteiger partial charge in [0.15, 0.2) is 0 Å². The monoisotopic (exact) mass is 323 g/mol. The van der Waals surface area contributed by atoms with Gasteiger partial charge in [-0.25, -0.2) is 0 Å². The van der Waals surface area contributed by atoms with Crippen LogP contribution in [0, 0.1) is 5.92 Å². The Morgan fingerprint density at radius 3 is 1.88 bits per heavy atom. The highest BCUT2D eigenvalue weighted by molar-refractivity contribution is 5.80. The molecular formula is C22H29NO. The van der Waals surface area contributed by atoms with Crippen LogP contribution in [0.5, 0.6) is 0 Å². The van der Waals surface area contributed by atoms with Crippen LogP contribution in [0.15, 0.2) is 60.7 Å². The molecule has 0 saturated heterocycles. The Morgan fingerprint density at radius 2 is 1.46 bits per heavy atom. The van der Waals surface area contributed by atoms with Crippen molar-refractivity contribution in [3.63, 3.8) is 0 Å². The molecule has 0 aliphatic heterocycles. The van der Waals surface area contributed by atoms with Crippen LogP contribution in [-0.2, 0) is 10.3 Å². The molecule has 2 heteroatoms. The molecule has 0 saturated carbocycles. The van der Waals surface area contributed by atoms with Gasteiger partial charge in [0.1, 0.15) is 0 Å². The summed E-state index contributed by atoms with van der Waals surface area (Å²) in [6.45, 7) is 6.37. The largest absolute Gasteiger partial charge is 0.343 e. The molecule has 1 atom stereocenters. The molecule has 2 nitrogen and oxygen atoms in total. The molecule has 0 spiro atoms. The molecule has 0 bridgehead atoms. The predicted molar refractivity (Wildman–Crippen MR) is 101 cm³/mol. The van der Waals surface area contributed by atoms with E-state index in [1.807, 2.05) is 36.4 Å². The first kappa shape index (κ1) is 18.3. The Labute approximate surface area is 146 Å². The van der Waals surface area contributed by atoms with Gasteiger partial charge in [0.05, 0.1) is 5.54 Å². The SMILES string of the molecule is CCCCC(CC)C(=O)NC(C)(c1ccccc1)c1ccccc1. The first-order chi connectivity index (χ1) is 11.6. The second-order valence-corrected chi connectivity index (χ2v) is 6.59. The molecule has 2 aromatic rings. The molecule has 0 fully saturated rings. The van der Waals surface area contributed by atoms with Crippen LogP contribution in [-0.4, -0.2) is 5.91 Å². The van der Waals surface area contributed by atoms with Gasteiger partial charge in [-0.05, 0) is 30.9 Å². The Morgan fingerprint density at radius 1 is 0.958 bits per heavy atom. The van der Waals surface area contributed by atoms with Crippen molar-refractivity contribution < 1.29 is 4.79 Å². The van der Waals surface area contributed by atoms with Gasteiger partial charge >= 0.3 is 0 Å². The minimum absolute atomic E-state index is 0.0803. The minimum atomic E-state index is -0.515. The molecule has 2 rings (SSSR count). The average Bonchev–Trinajstić information content (AvgIpc) is 2.63. The van der Waals surface area contributed by atoms with Crippen molar-refractivity contribution in [2.45, 2.75) is 52.0 Å². The maximum Gasteiger partial charge on any atom is 0.224 e. The molecule has 0 aliphatic carbocycles. The van der Waals surface area contributed by atoms with E-state index in [9.17, 15) is 4.79 Å². The fraction of sp³-hybridized carbons (Fsp3) is 0.409. The van der Waals surface area contributed by atoms with Crippen LogP contribution in [0.1, 0.15) is 57.6 Å². The summed E-state index contributed by atoms with van der Waals surface area (Å²) in [7, 11) is 0. The van der Waals surface area contributed by atoms with Crippen LogP contribution < -0.4 is 5.32 Å². The van der Waals surface area contributed by atoms with E-state index in [0.29, 0.717) is 0 Å². The van der Waals surface area contributed by atoms with Crippen molar-refractivity contribution in [1.29, 1.82) is 0 Å². The highest BCUT2D eigenvalue weighted by Gasteiger charge is 2.32. The van der Waals surface area contributed by atoms with Gasteiger partial charge in [-0.2, -0.15) is 0 Å². The van der Waals surface area contributed by atoms with Gasteiger partial charge in [-0.3, -0.25) is 4.79 Å². The number of benzene rings is 2. The van der Waals surface area contributed by atoms with Gasteiger partial charge < -0.3 is 5.32 Å². The molecule has 0 aromatic heterocycles. The highest BCUT2D eigenvalue weighted by Crippen LogP contribution is 2.30. The summed E-state index contributed by atoms with van der Waals surface area (Å²) in [4.78, 5) is 12.9. The summed E-state index contributed by atoms with van der Waals surface area (Å²) >= 11 is 0. The van der Waals surface area contributed by atoms with E-state index in [-0.39, 0.29) is 11.8 Å². The van der Waals surface area contributed by atoms with Gasteiger partial charge in [0.2, 0.25) is 5.91 Å². The molecule has 0 heterocycles. The summed E-state index contributed by atoms with van der Waals surface area (Å²) in [5.41, 5.74) is 1.70. The topological polar surface area (TPSA) is 29.1 Å². The zero-order valence-electron chi connectivity index (χ0n) is 15.1. The van der Waals surface area contributed by atoms with E-state index >= 15 is 0 Å². The fourth-order valence-electron chi connectivity index (χ4n) is 3.17. The van der Waals surface area contributed by atoms with E-state index < -0.39 is 5.54 Å². The quantitative estimate of drug-likeness (QED) is 0.703. The normalized spacial score (nSPS) is 12.6. The predicted octanol–water partition coefficient (Wildman–Crippen LogP) is 5.28. The van der Waals surface area contributed by atoms with E-state index in [2.05, 4.69) is 50.4 Å². The number of nitrogens with one attached hydrogen (secondary N) is 1. The number of amides is 1. The third-order valence-corrected chi connectivity index (χ3v) is 4.85. The number of unbranched alkanes of at least 4 members (excludes halogenated alkanes) is 1. The molecule has 1 N–H and O–H groups in total. The standard InChI is InChI=1S/C22H29NO/c1-4-6-13-18(5-2)21(24)23-22(3,19-14-9-7-10-15-19)20-16-11-8-12-17-20/h7-12,14-18H,4-6,13H2,1-3H3,(H,23,24). The van der Waals surface area contributed by atoms with E-state index in [1.54, 1.807) is 0 Å². The average molecular weight is 323 g/mol. The lowest BCUT2D eigenvalue weighted by atomic mass is 9.83. The first-order valence-electron chi connectivity index (χ1n) is 9.04. The summed E-state index contributed by atoms with van der Waals surface area (Å²) < 4.78 is 0. The van der Waals surface area contributed by atoms with Crippen LogP contribution >= 0.6 is 0 Å². The van der Waals surface area contributed by atoms with E-state index in [0.717, 1.165) is 36.8 Å². The third-order valence-electron chi connectivity index (χ3n) is 4.85. The second-order valence-electron chi connectivity index (χ2n) is 6.59. The second kappa shape index (κ2) is 8.68. The van der Waals surface area contributed by atoms with Crippen LogP contribution in [0.3, 0.4) is 0 Å². The third kappa shape index (κ3) is 4.25. The highest BCUT2D eigenvalue weighted by atomic mass is 16.2. The van der Waals surface area contributed by atoms with Gasteiger partial charge in [0.25, 0.3) is 0 Å². The Kier molecular flexibility index (Phi) is 6.60. The van der Waals surface area contributed by atoms with Crippen molar-refractivity contribution in [2.24, 2.45) is 5.92 Å². The first-order valence-corrected chi connectivity index (χ1v) is 9.04. The maximum atomic E-state index is 12.9. The fourth-order valence-corrected chi connectivity index (χ4v) is 3.17. The molecular weight excluding hydrogens is 294 g/mol. The number of hydrogen-bond acceptors (Lipinski definition) is 1. The lowest BCUT2D eigenvalue weighted by molar-refractivity contribution is -0.126. The Hall–Kier alpha value is -2.09. The molecule has 128 valence electrons. The van der Waals surface area contributed by atoms with Crippen molar-refractivity contribution >= 4 is 5.91 Å². The van der Waals surface area contributed by atoms with E-state index in [1.165, 1.54) is 0 Å². The summed E-state index contributed by atoms with van der Waals surface area (Å²) in [6, 6.07) is 20.4. The number of carbonyl (C=O) groups is 1. The lowest BCUT2D eigenvalue weighted by Crippen LogP contribution is -2.46. The number of rotatable bonds is 8. The number of hydrogen-bond donors (Lipinski definition) is 1. The zero-order valence-corrected chi connectivity index (χ0v) is 15.1. The van der Waals surface area contributed by atoms with Gasteiger partial charge in [0, 0.05) is 5.92 Å². The van der Waals surface area contributed by atoms with Crippen LogP contribution in [0.4, 0.5) is 0 Å². The van der Waals surface area contributed by atoms with Crippen LogP contribution in [0.2, 0.25) is 0 Å². The van der Waals surface area contributed by atoms with Gasteiger partial charge in [-0.1, -0.05) is 87.4 Å². The molecule has 0 aliphatic rings. The van der Waals surface area contributed by atoms with Crippen molar-refractivity contribution in [3.8, 4) is 0 Å². The smallest absolute Gasteiger partial charge is 0.224 e. The molecule has 2 aromatic carbocycles. The molecule has 24 heavy (non-hydrogen) atoms. The van der Waals surface area contributed by atoms with Crippen molar-refractivity contribution in [1.82, 2.24) is 5.32 Å². The summed E-state index contributed by atoms with van der Waals surface area (Å²) in [5, 5.41) is 3.35. The zero-order chi connectivity index (χ0) is 17.4. The lowest BCUT2D eigenvalue weighted by Gasteiger charge is -2.34. The molecule has 1 unspecified atom stereocenters. The Bertz CT molecular complexity index is 581. The number of carbonyl (C=O) groups excluding carboxylic acids is 1. The van der Waals surface area contributed by atoms with Crippen molar-refractivity contribution in [3.05, 3.63) is 71.8 Å². The minimum Gasteiger partial charge on any atom is -0.343 e. The Balaban J connectivity index is 2.32. The summed E-state index contributed by atoms with van der Waals surface area (Å²) in [5.74, 6) is 0.234. The molecule has 0 radical (unpaired) electrons. The summed E-state index contributed by atoms with van der Waals surface area (Å²) in [6.07, 6.45) is 4.06. The maximum absolute atomic E-state index is 12.9.